The summed E-state index contributed by atoms with van der Waals surface area (Å²) < 4.78 is 10.7. The van der Waals surface area contributed by atoms with Gasteiger partial charge >= 0.3 is 5.97 Å². The van der Waals surface area contributed by atoms with E-state index in [0.29, 0.717) is 26.2 Å². The number of nitrogens with zero attached hydrogens (tertiary/aromatic N) is 1. The minimum absolute atomic E-state index is 0.00593. The predicted octanol–water partition coefficient (Wildman–Crippen LogP) is 0.360. The van der Waals surface area contributed by atoms with E-state index in [9.17, 15) is 14.7 Å². The van der Waals surface area contributed by atoms with E-state index in [2.05, 4.69) is 0 Å². The van der Waals surface area contributed by atoms with Crippen LogP contribution in [-0.2, 0) is 19.1 Å². The number of amides is 1. The summed E-state index contributed by atoms with van der Waals surface area (Å²) in [6.45, 7) is 5.24. The lowest BCUT2D eigenvalue weighted by atomic mass is 9.98. The molecular formula is C13H21NO5. The number of rotatable bonds is 4. The number of carbonyl (C=O) groups is 2. The summed E-state index contributed by atoms with van der Waals surface area (Å²) >= 11 is 0. The van der Waals surface area contributed by atoms with Crippen LogP contribution in [0.3, 0.4) is 0 Å². The molecule has 2 aliphatic heterocycles. The van der Waals surface area contributed by atoms with Crippen molar-refractivity contribution in [1.29, 1.82) is 0 Å². The molecule has 1 amide bonds. The molecule has 2 heterocycles. The zero-order valence-corrected chi connectivity index (χ0v) is 11.4. The highest BCUT2D eigenvalue weighted by Crippen LogP contribution is 2.26. The molecule has 108 valence electrons. The van der Waals surface area contributed by atoms with Crippen molar-refractivity contribution < 1.29 is 24.2 Å². The van der Waals surface area contributed by atoms with Crippen LogP contribution in [0.1, 0.15) is 20.3 Å². The molecular weight excluding hydrogens is 250 g/mol. The Kier molecular flexibility index (Phi) is 4.42. The van der Waals surface area contributed by atoms with E-state index in [1.807, 2.05) is 13.8 Å². The minimum Gasteiger partial charge on any atom is -0.481 e. The molecule has 0 aliphatic carbocycles. The van der Waals surface area contributed by atoms with Crippen molar-refractivity contribution >= 4 is 11.9 Å². The van der Waals surface area contributed by atoms with Gasteiger partial charge < -0.3 is 19.5 Å². The van der Waals surface area contributed by atoms with Crippen LogP contribution in [0, 0.1) is 11.8 Å². The second kappa shape index (κ2) is 5.88. The lowest BCUT2D eigenvalue weighted by molar-refractivity contribution is -0.146. The van der Waals surface area contributed by atoms with E-state index in [-0.39, 0.29) is 30.6 Å². The van der Waals surface area contributed by atoms with Gasteiger partial charge in [-0.3, -0.25) is 9.59 Å². The van der Waals surface area contributed by atoms with Gasteiger partial charge in [-0.05, 0) is 20.3 Å². The van der Waals surface area contributed by atoms with E-state index in [0.717, 1.165) is 0 Å². The number of carboxylic acid groups (broad SMARTS) is 1. The highest BCUT2D eigenvalue weighted by atomic mass is 16.5. The molecule has 6 nitrogen and oxygen atoms in total. The standard InChI is InChI=1S/C13H21NO5/c1-3-14(11-7-18-6-10(11)13(16)17)12(15)9-4-8(2)19-5-9/h8-11H,3-7H2,1-2H3,(H,16,17). The Morgan fingerprint density at radius 1 is 1.32 bits per heavy atom. The average molecular weight is 271 g/mol. The molecule has 4 unspecified atom stereocenters. The molecule has 4 atom stereocenters. The Hall–Kier alpha value is -1.14. The minimum atomic E-state index is -0.898. The Morgan fingerprint density at radius 2 is 2.05 bits per heavy atom. The van der Waals surface area contributed by atoms with Gasteiger partial charge in [-0.25, -0.2) is 0 Å². The monoisotopic (exact) mass is 271 g/mol. The number of hydrogen-bond donors (Lipinski definition) is 1. The first-order valence-electron chi connectivity index (χ1n) is 6.77. The van der Waals surface area contributed by atoms with E-state index < -0.39 is 11.9 Å². The maximum atomic E-state index is 12.5. The van der Waals surface area contributed by atoms with E-state index in [1.54, 1.807) is 4.90 Å². The molecule has 0 aromatic carbocycles. The van der Waals surface area contributed by atoms with Crippen LogP contribution in [0.5, 0.6) is 0 Å². The van der Waals surface area contributed by atoms with Crippen LogP contribution in [0.15, 0.2) is 0 Å². The van der Waals surface area contributed by atoms with Crippen molar-refractivity contribution in [2.45, 2.75) is 32.4 Å². The summed E-state index contributed by atoms with van der Waals surface area (Å²) in [5.41, 5.74) is 0. The van der Waals surface area contributed by atoms with Crippen molar-refractivity contribution in [2.24, 2.45) is 11.8 Å². The second-order valence-electron chi connectivity index (χ2n) is 5.25. The molecule has 6 heteroatoms. The highest BCUT2D eigenvalue weighted by molar-refractivity contribution is 5.81. The van der Waals surface area contributed by atoms with Crippen molar-refractivity contribution in [3.05, 3.63) is 0 Å². The number of carboxylic acids is 1. The zero-order chi connectivity index (χ0) is 14.0. The fraction of sp³-hybridized carbons (Fsp3) is 0.846. The van der Waals surface area contributed by atoms with Crippen LogP contribution >= 0.6 is 0 Å². The molecule has 19 heavy (non-hydrogen) atoms. The molecule has 2 rings (SSSR count). The summed E-state index contributed by atoms with van der Waals surface area (Å²) in [7, 11) is 0. The lowest BCUT2D eigenvalue weighted by Crippen LogP contribution is -2.48. The average Bonchev–Trinajstić information content (AvgIpc) is 2.98. The van der Waals surface area contributed by atoms with Crippen LogP contribution < -0.4 is 0 Å². The molecule has 0 radical (unpaired) electrons. The number of carbonyl (C=O) groups excluding carboxylic acids is 1. The maximum Gasteiger partial charge on any atom is 0.311 e. The summed E-state index contributed by atoms with van der Waals surface area (Å²) in [6.07, 6.45) is 0.809. The molecule has 0 aromatic rings. The molecule has 2 aliphatic rings. The molecule has 0 saturated carbocycles. The first kappa shape index (κ1) is 14.3. The molecule has 0 aromatic heterocycles. The van der Waals surface area contributed by atoms with Gasteiger partial charge in [-0.15, -0.1) is 0 Å². The van der Waals surface area contributed by atoms with Gasteiger partial charge in [0.15, 0.2) is 0 Å². The van der Waals surface area contributed by atoms with Crippen LogP contribution in [0.2, 0.25) is 0 Å². The normalized spacial score (nSPS) is 34.4. The van der Waals surface area contributed by atoms with Gasteiger partial charge in [0.2, 0.25) is 5.91 Å². The summed E-state index contributed by atoms with van der Waals surface area (Å²) in [4.78, 5) is 25.3. The summed E-state index contributed by atoms with van der Waals surface area (Å²) in [6, 6.07) is -0.356. The molecule has 2 saturated heterocycles. The van der Waals surface area contributed by atoms with E-state index >= 15 is 0 Å². The Bertz CT molecular complexity index is 359. The molecule has 2 fully saturated rings. The fourth-order valence-corrected chi connectivity index (χ4v) is 2.86. The predicted molar refractivity (Wildman–Crippen MR) is 66.6 cm³/mol. The topological polar surface area (TPSA) is 76.1 Å². The number of aliphatic carboxylic acids is 1. The Balaban J connectivity index is 2.06. The number of likely N-dealkylation sites (N-methyl/N-ethyl adjacent to an activating group) is 1. The zero-order valence-electron chi connectivity index (χ0n) is 11.4. The van der Waals surface area contributed by atoms with E-state index in [4.69, 9.17) is 9.47 Å². The maximum absolute atomic E-state index is 12.5. The molecule has 1 N–H and O–H groups in total. The van der Waals surface area contributed by atoms with E-state index in [1.165, 1.54) is 0 Å². The van der Waals surface area contributed by atoms with Gasteiger partial charge in [0.25, 0.3) is 0 Å². The first-order chi connectivity index (χ1) is 9.04. The van der Waals surface area contributed by atoms with Gasteiger partial charge in [0.05, 0.1) is 37.9 Å². The SMILES string of the molecule is CCN(C(=O)C1COC(C)C1)C1COCC1C(=O)O. The van der Waals surface area contributed by atoms with Crippen molar-refractivity contribution in [1.82, 2.24) is 4.90 Å². The third-order valence-electron chi connectivity index (χ3n) is 3.94. The second-order valence-corrected chi connectivity index (χ2v) is 5.25. The van der Waals surface area contributed by atoms with Crippen molar-refractivity contribution in [2.75, 3.05) is 26.4 Å². The highest BCUT2D eigenvalue weighted by Gasteiger charge is 2.42. The van der Waals surface area contributed by atoms with Crippen molar-refractivity contribution in [3.63, 3.8) is 0 Å². The van der Waals surface area contributed by atoms with Gasteiger partial charge in [-0.1, -0.05) is 0 Å². The Morgan fingerprint density at radius 3 is 2.58 bits per heavy atom. The fourth-order valence-electron chi connectivity index (χ4n) is 2.86. The Labute approximate surface area is 112 Å². The van der Waals surface area contributed by atoms with Crippen molar-refractivity contribution in [3.8, 4) is 0 Å². The largest absolute Gasteiger partial charge is 0.481 e. The van der Waals surface area contributed by atoms with Gasteiger partial charge in [0.1, 0.15) is 5.92 Å². The third-order valence-corrected chi connectivity index (χ3v) is 3.94. The summed E-state index contributed by atoms with van der Waals surface area (Å²) in [5, 5.41) is 9.17. The number of hydrogen-bond acceptors (Lipinski definition) is 4. The van der Waals surface area contributed by atoms with Crippen LogP contribution in [-0.4, -0.2) is 60.4 Å². The summed E-state index contributed by atoms with van der Waals surface area (Å²) in [5.74, 6) is -1.67. The quantitative estimate of drug-likeness (QED) is 0.799. The first-order valence-corrected chi connectivity index (χ1v) is 6.77. The number of ether oxygens (including phenoxy) is 2. The molecule has 0 bridgehead atoms. The molecule has 0 spiro atoms. The van der Waals surface area contributed by atoms with Crippen LogP contribution in [0.4, 0.5) is 0 Å². The van der Waals surface area contributed by atoms with Gasteiger partial charge in [-0.2, -0.15) is 0 Å². The third kappa shape index (κ3) is 2.90. The smallest absolute Gasteiger partial charge is 0.311 e. The van der Waals surface area contributed by atoms with Crippen LogP contribution in [0.25, 0.3) is 0 Å². The lowest BCUT2D eigenvalue weighted by Gasteiger charge is -2.31. The van der Waals surface area contributed by atoms with Gasteiger partial charge in [0, 0.05) is 6.54 Å².